The van der Waals surface area contributed by atoms with Crippen LogP contribution in [0.25, 0.3) is 6.08 Å². The van der Waals surface area contributed by atoms with Gasteiger partial charge in [0.2, 0.25) is 0 Å². The van der Waals surface area contributed by atoms with E-state index in [-0.39, 0.29) is 24.6 Å². The van der Waals surface area contributed by atoms with E-state index in [0.717, 1.165) is 16.8 Å². The molecule has 0 aliphatic carbocycles. The van der Waals surface area contributed by atoms with Gasteiger partial charge in [-0.25, -0.2) is 4.79 Å². The lowest BCUT2D eigenvalue weighted by Gasteiger charge is -2.15. The van der Waals surface area contributed by atoms with Gasteiger partial charge in [0.15, 0.2) is 23.6 Å². The summed E-state index contributed by atoms with van der Waals surface area (Å²) >= 11 is 7.44. The Kier molecular flexibility index (Phi) is 7.70. The van der Waals surface area contributed by atoms with Crippen LogP contribution < -0.4 is 20.1 Å². The molecule has 0 saturated carbocycles. The van der Waals surface area contributed by atoms with Crippen molar-refractivity contribution in [3.8, 4) is 11.5 Å². The van der Waals surface area contributed by atoms with Gasteiger partial charge in [0.25, 0.3) is 5.91 Å². The molecule has 1 aliphatic rings. The Balaban J connectivity index is 1.70. The van der Waals surface area contributed by atoms with Crippen LogP contribution in [0.4, 0.5) is 5.69 Å². The van der Waals surface area contributed by atoms with Crippen LogP contribution in [-0.2, 0) is 14.3 Å². The van der Waals surface area contributed by atoms with E-state index in [2.05, 4.69) is 10.6 Å². The first-order valence-corrected chi connectivity index (χ1v) is 10.8. The minimum absolute atomic E-state index is 0.177. The van der Waals surface area contributed by atoms with Gasteiger partial charge in [-0.15, -0.1) is 0 Å². The molecule has 164 valence electrons. The molecule has 3 rings (SSSR count). The second-order valence-electron chi connectivity index (χ2n) is 6.59. The molecular formula is C22H23ClN2O5S. The number of amides is 1. The molecule has 1 unspecified atom stereocenters. The van der Waals surface area contributed by atoms with Crippen LogP contribution in [0.1, 0.15) is 18.1 Å². The third kappa shape index (κ3) is 6.08. The number of rotatable bonds is 8. The van der Waals surface area contributed by atoms with Crippen LogP contribution in [0.3, 0.4) is 0 Å². The number of thioether (sulfide) groups is 1. The zero-order valence-electron chi connectivity index (χ0n) is 17.4. The number of carbonyl (C=O) groups excluding carboxylic acids is 2. The Morgan fingerprint density at radius 2 is 2.06 bits per heavy atom. The molecule has 0 aromatic heterocycles. The Labute approximate surface area is 190 Å². The molecule has 0 spiro atoms. The number of hydrogen-bond acceptors (Lipinski definition) is 7. The number of esters is 1. The van der Waals surface area contributed by atoms with Crippen molar-refractivity contribution in [3.63, 3.8) is 0 Å². The number of carbonyl (C=O) groups is 2. The first-order chi connectivity index (χ1) is 14.9. The van der Waals surface area contributed by atoms with E-state index < -0.39 is 5.97 Å². The lowest BCUT2D eigenvalue weighted by molar-refractivity contribution is -0.145. The Hall–Kier alpha value is -2.84. The number of nitrogens with one attached hydrogen (secondary N) is 2. The molecule has 2 aromatic carbocycles. The molecule has 1 aliphatic heterocycles. The lowest BCUT2D eigenvalue weighted by Crippen LogP contribution is -2.31. The Bertz CT molecular complexity index is 1010. The molecule has 1 fully saturated rings. The maximum absolute atomic E-state index is 12.4. The van der Waals surface area contributed by atoms with Gasteiger partial charge in [0.05, 0.1) is 18.6 Å². The molecule has 1 amide bonds. The highest BCUT2D eigenvalue weighted by Gasteiger charge is 2.27. The Morgan fingerprint density at radius 1 is 1.26 bits per heavy atom. The van der Waals surface area contributed by atoms with Crippen molar-refractivity contribution in [2.75, 3.05) is 25.6 Å². The lowest BCUT2D eigenvalue weighted by atomic mass is 10.2. The van der Waals surface area contributed by atoms with Crippen LogP contribution in [0, 0.1) is 6.92 Å². The first-order valence-electron chi connectivity index (χ1n) is 9.58. The average Bonchev–Trinajstić information content (AvgIpc) is 3.08. The molecular weight excluding hydrogens is 440 g/mol. The molecule has 0 bridgehead atoms. The minimum Gasteiger partial charge on any atom is -0.493 e. The summed E-state index contributed by atoms with van der Waals surface area (Å²) < 4.78 is 15.7. The number of hydrogen-bond donors (Lipinski definition) is 2. The predicted octanol–water partition coefficient (Wildman–Crippen LogP) is 4.20. The van der Waals surface area contributed by atoms with Crippen molar-refractivity contribution >= 4 is 47.0 Å². The van der Waals surface area contributed by atoms with Crippen molar-refractivity contribution in [2.24, 2.45) is 0 Å². The highest BCUT2D eigenvalue weighted by Crippen LogP contribution is 2.34. The molecule has 2 aromatic rings. The van der Waals surface area contributed by atoms with Gasteiger partial charge in [-0.2, -0.15) is 0 Å². The molecule has 1 atom stereocenters. The van der Waals surface area contributed by atoms with Crippen LogP contribution >= 0.6 is 23.4 Å². The summed E-state index contributed by atoms with van der Waals surface area (Å²) in [5.41, 5.74) is 2.33. The fourth-order valence-corrected chi connectivity index (χ4v) is 3.99. The number of aryl methyl sites for hydroxylation is 1. The molecule has 0 radical (unpaired) electrons. The third-order valence-corrected chi connectivity index (χ3v) is 5.62. The summed E-state index contributed by atoms with van der Waals surface area (Å²) in [6.45, 7) is 3.78. The molecule has 1 saturated heterocycles. The van der Waals surface area contributed by atoms with Crippen molar-refractivity contribution < 1.29 is 23.8 Å². The quantitative estimate of drug-likeness (QED) is 0.449. The topological polar surface area (TPSA) is 85.9 Å². The largest absolute Gasteiger partial charge is 0.493 e. The van der Waals surface area contributed by atoms with E-state index >= 15 is 0 Å². The van der Waals surface area contributed by atoms with E-state index in [1.165, 1.54) is 18.9 Å². The second-order valence-corrected chi connectivity index (χ2v) is 8.17. The van der Waals surface area contributed by atoms with Crippen LogP contribution in [0.2, 0.25) is 5.02 Å². The summed E-state index contributed by atoms with van der Waals surface area (Å²) in [7, 11) is 1.51. The highest BCUT2D eigenvalue weighted by molar-refractivity contribution is 8.05. The Morgan fingerprint density at radius 3 is 2.81 bits per heavy atom. The number of ether oxygens (including phenoxy) is 3. The zero-order valence-corrected chi connectivity index (χ0v) is 18.9. The highest BCUT2D eigenvalue weighted by atomic mass is 35.5. The predicted molar refractivity (Wildman–Crippen MR) is 122 cm³/mol. The SMILES string of the molecule is CCOC(=O)COc1ccc(/C=C2\SC(Nc3cc(Cl)ccc3C)NC2=O)cc1OC. The van der Waals surface area contributed by atoms with Crippen LogP contribution in [-0.4, -0.2) is 37.7 Å². The average molecular weight is 463 g/mol. The van der Waals surface area contributed by atoms with Crippen LogP contribution in [0.15, 0.2) is 41.3 Å². The van der Waals surface area contributed by atoms with E-state index in [0.29, 0.717) is 21.4 Å². The summed E-state index contributed by atoms with van der Waals surface area (Å²) in [6, 6.07) is 10.8. The molecule has 2 N–H and O–H groups in total. The number of benzene rings is 2. The summed E-state index contributed by atoms with van der Waals surface area (Å²) in [6.07, 6.45) is 1.77. The molecule has 7 nitrogen and oxygen atoms in total. The standard InChI is InChI=1S/C22H23ClN2O5S/c1-4-29-20(26)12-30-17-8-6-14(9-18(17)28-3)10-19-21(27)25-22(31-19)24-16-11-15(23)7-5-13(16)2/h5-11,22,24H,4,12H2,1-3H3,(H,25,27)/b19-10-. The van der Waals surface area contributed by atoms with Crippen molar-refractivity contribution in [1.29, 1.82) is 0 Å². The molecule has 31 heavy (non-hydrogen) atoms. The maximum atomic E-state index is 12.4. The van der Waals surface area contributed by atoms with Crippen LogP contribution in [0.5, 0.6) is 11.5 Å². The fourth-order valence-electron chi connectivity index (χ4n) is 2.84. The number of halogens is 1. The maximum Gasteiger partial charge on any atom is 0.344 e. The van der Waals surface area contributed by atoms with E-state index in [4.69, 9.17) is 25.8 Å². The van der Waals surface area contributed by atoms with Gasteiger partial charge in [0, 0.05) is 10.7 Å². The van der Waals surface area contributed by atoms with Gasteiger partial charge in [0.1, 0.15) is 0 Å². The van der Waals surface area contributed by atoms with Crippen molar-refractivity contribution in [3.05, 3.63) is 57.5 Å². The van der Waals surface area contributed by atoms with E-state index in [1.807, 2.05) is 25.1 Å². The molecule has 1 heterocycles. The minimum atomic E-state index is -0.455. The second kappa shape index (κ2) is 10.5. The molecule has 9 heteroatoms. The summed E-state index contributed by atoms with van der Waals surface area (Å²) in [5.74, 6) is 0.232. The smallest absolute Gasteiger partial charge is 0.344 e. The van der Waals surface area contributed by atoms with Gasteiger partial charge in [-0.1, -0.05) is 35.5 Å². The van der Waals surface area contributed by atoms with Crippen molar-refractivity contribution in [1.82, 2.24) is 5.32 Å². The van der Waals surface area contributed by atoms with Gasteiger partial charge < -0.3 is 24.8 Å². The third-order valence-electron chi connectivity index (χ3n) is 4.35. The van der Waals surface area contributed by atoms with Gasteiger partial charge >= 0.3 is 5.97 Å². The first kappa shape index (κ1) is 22.8. The number of methoxy groups -OCH3 is 1. The normalized spacial score (nSPS) is 16.7. The monoisotopic (exact) mass is 462 g/mol. The van der Waals surface area contributed by atoms with Gasteiger partial charge in [-0.3, -0.25) is 4.79 Å². The van der Waals surface area contributed by atoms with E-state index in [9.17, 15) is 9.59 Å². The summed E-state index contributed by atoms with van der Waals surface area (Å²) in [4.78, 5) is 24.5. The fraction of sp³-hybridized carbons (Fsp3) is 0.273. The van der Waals surface area contributed by atoms with Gasteiger partial charge in [-0.05, 0) is 55.3 Å². The summed E-state index contributed by atoms with van der Waals surface area (Å²) in [5, 5.41) is 6.80. The zero-order chi connectivity index (χ0) is 22.4. The van der Waals surface area contributed by atoms with Crippen molar-refractivity contribution in [2.45, 2.75) is 19.3 Å². The number of anilines is 1. The van der Waals surface area contributed by atoms with E-state index in [1.54, 1.807) is 31.2 Å².